The van der Waals surface area contributed by atoms with E-state index < -0.39 is 0 Å². The van der Waals surface area contributed by atoms with E-state index in [1.165, 1.54) is 5.56 Å². The van der Waals surface area contributed by atoms with Gasteiger partial charge in [-0.15, -0.1) is 11.3 Å². The number of carbonyl (C=O) groups is 1. The molecule has 3 rings (SSSR count). The molecule has 1 N–H and O–H groups in total. The van der Waals surface area contributed by atoms with Crippen molar-refractivity contribution in [1.82, 2.24) is 10.3 Å². The number of thiazole rings is 1. The summed E-state index contributed by atoms with van der Waals surface area (Å²) in [6.45, 7) is 3.43. The standard InChI is InChI=1S/C22H24N2O3S/c1-17-7-9-18(10-8-17)22-24-19(16-28-22)11-12-23-21(25)15-26-13-14-27-20-5-3-2-4-6-20/h2-10,16H,11-15H2,1H3,(H,23,25). The number of ether oxygens (including phenoxy) is 2. The van der Waals surface area contributed by atoms with Crippen LogP contribution in [-0.4, -0.2) is 37.3 Å². The minimum atomic E-state index is -0.131. The summed E-state index contributed by atoms with van der Waals surface area (Å²) in [5.74, 6) is 0.664. The van der Waals surface area contributed by atoms with Crippen LogP contribution >= 0.6 is 11.3 Å². The third kappa shape index (κ3) is 6.48. The first-order valence-electron chi connectivity index (χ1n) is 9.24. The first-order valence-corrected chi connectivity index (χ1v) is 10.1. The van der Waals surface area contributed by atoms with Crippen molar-refractivity contribution in [3.63, 3.8) is 0 Å². The molecule has 0 spiro atoms. The topological polar surface area (TPSA) is 60.5 Å². The normalized spacial score (nSPS) is 10.6. The average Bonchev–Trinajstić information content (AvgIpc) is 3.18. The highest BCUT2D eigenvalue weighted by atomic mass is 32.1. The molecule has 28 heavy (non-hydrogen) atoms. The minimum absolute atomic E-state index is 0.0316. The summed E-state index contributed by atoms with van der Waals surface area (Å²) in [7, 11) is 0. The Hall–Kier alpha value is -2.70. The molecule has 0 atom stereocenters. The van der Waals surface area contributed by atoms with Crippen LogP contribution in [-0.2, 0) is 16.0 Å². The lowest BCUT2D eigenvalue weighted by Crippen LogP contribution is -2.30. The van der Waals surface area contributed by atoms with Crippen LogP contribution in [0.15, 0.2) is 60.0 Å². The van der Waals surface area contributed by atoms with Gasteiger partial charge in [0.1, 0.15) is 24.0 Å². The number of benzene rings is 2. The van der Waals surface area contributed by atoms with Crippen LogP contribution in [0.25, 0.3) is 10.6 Å². The monoisotopic (exact) mass is 396 g/mol. The van der Waals surface area contributed by atoms with Crippen LogP contribution in [0.1, 0.15) is 11.3 Å². The molecule has 0 saturated carbocycles. The number of amides is 1. The second-order valence-corrected chi connectivity index (χ2v) is 7.18. The van der Waals surface area contributed by atoms with Crippen molar-refractivity contribution in [3.05, 3.63) is 71.2 Å². The highest BCUT2D eigenvalue weighted by molar-refractivity contribution is 7.13. The Balaban J connectivity index is 1.29. The van der Waals surface area contributed by atoms with Gasteiger partial charge in [0.25, 0.3) is 0 Å². The number of hydrogen-bond acceptors (Lipinski definition) is 5. The highest BCUT2D eigenvalue weighted by Crippen LogP contribution is 2.24. The van der Waals surface area contributed by atoms with Crippen LogP contribution in [0.2, 0.25) is 0 Å². The molecule has 1 amide bonds. The van der Waals surface area contributed by atoms with Crippen molar-refractivity contribution >= 4 is 17.2 Å². The zero-order valence-corrected chi connectivity index (χ0v) is 16.7. The maximum Gasteiger partial charge on any atom is 0.246 e. The van der Waals surface area contributed by atoms with Crippen LogP contribution in [0.5, 0.6) is 5.75 Å². The van der Waals surface area contributed by atoms with Gasteiger partial charge in [-0.3, -0.25) is 4.79 Å². The van der Waals surface area contributed by atoms with E-state index in [0.717, 1.165) is 22.0 Å². The molecule has 2 aromatic carbocycles. The zero-order chi connectivity index (χ0) is 19.6. The molecule has 6 heteroatoms. The van der Waals surface area contributed by atoms with Crippen LogP contribution in [0.3, 0.4) is 0 Å². The molecule has 0 aliphatic heterocycles. The fourth-order valence-electron chi connectivity index (χ4n) is 2.53. The fraction of sp³-hybridized carbons (Fsp3) is 0.273. The number of hydrogen-bond donors (Lipinski definition) is 1. The predicted molar refractivity (Wildman–Crippen MR) is 112 cm³/mol. The smallest absolute Gasteiger partial charge is 0.246 e. The van der Waals surface area contributed by atoms with Gasteiger partial charge < -0.3 is 14.8 Å². The van der Waals surface area contributed by atoms with Gasteiger partial charge in [0.2, 0.25) is 5.91 Å². The molecular weight excluding hydrogens is 372 g/mol. The van der Waals surface area contributed by atoms with E-state index in [2.05, 4.69) is 41.5 Å². The van der Waals surface area contributed by atoms with E-state index in [4.69, 9.17) is 9.47 Å². The van der Waals surface area contributed by atoms with Crippen LogP contribution < -0.4 is 10.1 Å². The third-order valence-corrected chi connectivity index (χ3v) is 4.97. The summed E-state index contributed by atoms with van der Waals surface area (Å²) in [6, 6.07) is 17.9. The predicted octanol–water partition coefficient (Wildman–Crippen LogP) is 3.87. The Kier molecular flexibility index (Phi) is 7.58. The van der Waals surface area contributed by atoms with Gasteiger partial charge in [-0.25, -0.2) is 4.98 Å². The average molecular weight is 397 g/mol. The van der Waals surface area contributed by atoms with E-state index in [0.29, 0.717) is 26.2 Å². The number of aromatic nitrogens is 1. The summed E-state index contributed by atoms with van der Waals surface area (Å²) >= 11 is 1.62. The Bertz CT molecular complexity index is 863. The molecule has 0 fully saturated rings. The van der Waals surface area contributed by atoms with Gasteiger partial charge in [-0.1, -0.05) is 48.0 Å². The maximum atomic E-state index is 11.8. The molecule has 0 unspecified atom stereocenters. The second kappa shape index (κ2) is 10.6. The largest absolute Gasteiger partial charge is 0.491 e. The first kappa shape index (κ1) is 20.0. The lowest BCUT2D eigenvalue weighted by molar-refractivity contribution is -0.125. The van der Waals surface area contributed by atoms with Gasteiger partial charge >= 0.3 is 0 Å². The van der Waals surface area contributed by atoms with Gasteiger partial charge in [0.05, 0.1) is 12.3 Å². The van der Waals surface area contributed by atoms with Crippen LogP contribution in [0.4, 0.5) is 0 Å². The van der Waals surface area contributed by atoms with E-state index in [9.17, 15) is 4.79 Å². The minimum Gasteiger partial charge on any atom is -0.491 e. The Morgan fingerprint density at radius 3 is 2.64 bits per heavy atom. The van der Waals surface area contributed by atoms with E-state index in [1.807, 2.05) is 35.7 Å². The number of carbonyl (C=O) groups excluding carboxylic acids is 1. The Morgan fingerprint density at radius 2 is 1.86 bits per heavy atom. The quantitative estimate of drug-likeness (QED) is 0.529. The van der Waals surface area contributed by atoms with Gasteiger partial charge in [0, 0.05) is 23.9 Å². The molecule has 1 aromatic heterocycles. The number of para-hydroxylation sites is 1. The summed E-state index contributed by atoms with van der Waals surface area (Å²) < 4.78 is 10.8. The van der Waals surface area contributed by atoms with E-state index in [1.54, 1.807) is 11.3 Å². The molecule has 3 aromatic rings. The Labute approximate surface area is 169 Å². The van der Waals surface area contributed by atoms with Gasteiger partial charge in [-0.05, 0) is 19.1 Å². The summed E-state index contributed by atoms with van der Waals surface area (Å²) in [5, 5.41) is 5.90. The molecule has 0 aliphatic carbocycles. The number of aryl methyl sites for hydroxylation is 1. The molecular formula is C22H24N2O3S. The first-order chi connectivity index (χ1) is 13.7. The maximum absolute atomic E-state index is 11.8. The molecule has 0 saturated heterocycles. The Morgan fingerprint density at radius 1 is 1.07 bits per heavy atom. The van der Waals surface area contributed by atoms with Crippen molar-refractivity contribution in [3.8, 4) is 16.3 Å². The van der Waals surface area contributed by atoms with Crippen molar-refractivity contribution in [2.75, 3.05) is 26.4 Å². The summed E-state index contributed by atoms with van der Waals surface area (Å²) in [4.78, 5) is 16.5. The molecule has 0 aliphatic rings. The summed E-state index contributed by atoms with van der Waals surface area (Å²) in [6.07, 6.45) is 0.700. The lowest BCUT2D eigenvalue weighted by atomic mass is 10.2. The lowest BCUT2D eigenvalue weighted by Gasteiger charge is -2.07. The van der Waals surface area contributed by atoms with E-state index >= 15 is 0 Å². The number of nitrogens with one attached hydrogen (secondary N) is 1. The highest BCUT2D eigenvalue weighted by Gasteiger charge is 2.06. The second-order valence-electron chi connectivity index (χ2n) is 6.32. The summed E-state index contributed by atoms with van der Waals surface area (Å²) in [5.41, 5.74) is 3.34. The van der Waals surface area contributed by atoms with Crippen molar-refractivity contribution in [1.29, 1.82) is 0 Å². The molecule has 146 valence electrons. The fourth-order valence-corrected chi connectivity index (χ4v) is 3.39. The zero-order valence-electron chi connectivity index (χ0n) is 15.9. The molecule has 1 heterocycles. The van der Waals surface area contributed by atoms with Crippen LogP contribution in [0, 0.1) is 6.92 Å². The van der Waals surface area contributed by atoms with Gasteiger partial charge in [-0.2, -0.15) is 0 Å². The molecule has 5 nitrogen and oxygen atoms in total. The van der Waals surface area contributed by atoms with E-state index in [-0.39, 0.29) is 12.5 Å². The molecule has 0 bridgehead atoms. The number of rotatable bonds is 10. The van der Waals surface area contributed by atoms with Crippen molar-refractivity contribution in [2.24, 2.45) is 0 Å². The third-order valence-electron chi connectivity index (χ3n) is 4.03. The number of nitrogens with zero attached hydrogens (tertiary/aromatic N) is 1. The van der Waals surface area contributed by atoms with Crippen molar-refractivity contribution < 1.29 is 14.3 Å². The molecule has 0 radical (unpaired) electrons. The van der Waals surface area contributed by atoms with Crippen molar-refractivity contribution in [2.45, 2.75) is 13.3 Å². The SMILES string of the molecule is Cc1ccc(-c2nc(CCNC(=O)COCCOc3ccccc3)cs2)cc1. The van der Waals surface area contributed by atoms with Gasteiger partial charge in [0.15, 0.2) is 0 Å².